The fourth-order valence-corrected chi connectivity index (χ4v) is 5.11. The van der Waals surface area contributed by atoms with Crippen LogP contribution in [0.5, 0.6) is 5.75 Å². The Labute approximate surface area is 238 Å². The number of nitrogens with one attached hydrogen (secondary N) is 2. The van der Waals surface area contributed by atoms with Crippen molar-refractivity contribution in [1.82, 2.24) is 15.5 Å². The Hall–Kier alpha value is -2.92. The summed E-state index contributed by atoms with van der Waals surface area (Å²) < 4.78 is 5.93. The molecule has 6 unspecified atom stereocenters. The zero-order valence-corrected chi connectivity index (χ0v) is 24.9. The first-order chi connectivity index (χ1) is 18.2. The predicted molar refractivity (Wildman–Crippen MR) is 150 cm³/mol. The molecule has 216 valence electrons. The summed E-state index contributed by atoms with van der Waals surface area (Å²) in [4.78, 5) is 53.7. The molecule has 11 heteroatoms. The molecule has 0 fully saturated rings. The van der Waals surface area contributed by atoms with Gasteiger partial charge < -0.3 is 30.5 Å². The zero-order chi connectivity index (χ0) is 29.4. The van der Waals surface area contributed by atoms with Crippen LogP contribution in [0.3, 0.4) is 0 Å². The lowest BCUT2D eigenvalue weighted by atomic mass is 9.95. The van der Waals surface area contributed by atoms with E-state index < -0.39 is 48.6 Å². The second-order valence-electron chi connectivity index (χ2n) is 10.5. The lowest BCUT2D eigenvalue weighted by molar-refractivity contribution is -0.154. The van der Waals surface area contributed by atoms with Gasteiger partial charge in [-0.1, -0.05) is 31.6 Å². The summed E-state index contributed by atoms with van der Waals surface area (Å²) in [6.45, 7) is 8.29. The summed E-state index contributed by atoms with van der Waals surface area (Å²) in [5.41, 5.74) is 1.63. The van der Waals surface area contributed by atoms with Crippen molar-refractivity contribution in [2.75, 3.05) is 13.7 Å². The molecule has 1 heterocycles. The number of cyclic esters (lactones) is 1. The van der Waals surface area contributed by atoms with Crippen molar-refractivity contribution in [3.63, 3.8) is 0 Å². The van der Waals surface area contributed by atoms with Crippen LogP contribution in [0, 0.1) is 11.8 Å². The van der Waals surface area contributed by atoms with Crippen molar-refractivity contribution in [1.29, 1.82) is 0 Å². The Balaban J connectivity index is 2.44. The van der Waals surface area contributed by atoms with Crippen LogP contribution >= 0.6 is 15.9 Å². The van der Waals surface area contributed by atoms with Gasteiger partial charge in [0, 0.05) is 19.4 Å². The van der Waals surface area contributed by atoms with Crippen molar-refractivity contribution < 1.29 is 34.1 Å². The summed E-state index contributed by atoms with van der Waals surface area (Å²) in [5, 5.41) is 25.0. The van der Waals surface area contributed by atoms with E-state index >= 15 is 0 Å². The molecule has 0 saturated carbocycles. The number of likely N-dealkylation sites (N-methyl/N-ethyl adjacent to an activating group) is 1. The number of nitrogens with zero attached hydrogens (tertiary/aromatic N) is 1. The lowest BCUT2D eigenvalue weighted by Gasteiger charge is -2.31. The second kappa shape index (κ2) is 14.5. The number of esters is 1. The van der Waals surface area contributed by atoms with Gasteiger partial charge in [0.1, 0.15) is 17.8 Å². The highest BCUT2D eigenvalue weighted by Gasteiger charge is 2.34. The Morgan fingerprint density at radius 1 is 1.08 bits per heavy atom. The number of carbonyl (C=O) groups is 4. The number of phenolic OH excluding ortho intramolecular Hbond substituents is 1. The van der Waals surface area contributed by atoms with E-state index in [1.54, 1.807) is 32.9 Å². The largest absolute Gasteiger partial charge is 0.507 e. The Morgan fingerprint density at radius 3 is 2.36 bits per heavy atom. The number of aliphatic hydroxyl groups is 1. The third kappa shape index (κ3) is 9.35. The fourth-order valence-electron chi connectivity index (χ4n) is 4.68. The van der Waals surface area contributed by atoms with Gasteiger partial charge in [-0.2, -0.15) is 0 Å². The van der Waals surface area contributed by atoms with Gasteiger partial charge in [-0.3, -0.25) is 14.4 Å². The number of rotatable bonds is 3. The normalized spacial score (nSPS) is 28.5. The molecule has 0 spiro atoms. The number of amides is 3. The highest BCUT2D eigenvalue weighted by atomic mass is 79.9. The highest BCUT2D eigenvalue weighted by molar-refractivity contribution is 9.10. The number of ether oxygens (including phenoxy) is 1. The van der Waals surface area contributed by atoms with Crippen LogP contribution in [0.15, 0.2) is 34.3 Å². The maximum Gasteiger partial charge on any atom is 0.331 e. The van der Waals surface area contributed by atoms with E-state index in [4.69, 9.17) is 4.74 Å². The summed E-state index contributed by atoms with van der Waals surface area (Å²) in [7, 11) is 1.44. The molecule has 1 aliphatic rings. The smallest absolute Gasteiger partial charge is 0.331 e. The molecule has 2 rings (SSSR count). The molecule has 0 aromatic heterocycles. The number of aromatic hydroxyl groups is 1. The van der Waals surface area contributed by atoms with E-state index in [-0.39, 0.29) is 29.9 Å². The van der Waals surface area contributed by atoms with E-state index in [9.17, 15) is 29.4 Å². The molecule has 0 bridgehead atoms. The first-order valence-electron chi connectivity index (χ1n) is 13.1. The number of aliphatic hydroxyl groups excluding tert-OH is 1. The van der Waals surface area contributed by atoms with Crippen LogP contribution in [0.2, 0.25) is 0 Å². The molecule has 39 heavy (non-hydrogen) atoms. The van der Waals surface area contributed by atoms with Gasteiger partial charge in [-0.25, -0.2) is 4.79 Å². The molecule has 0 aliphatic carbocycles. The van der Waals surface area contributed by atoms with Crippen LogP contribution in [0.4, 0.5) is 0 Å². The van der Waals surface area contributed by atoms with Crippen molar-refractivity contribution in [2.24, 2.45) is 11.8 Å². The van der Waals surface area contributed by atoms with E-state index in [0.717, 1.165) is 5.57 Å². The minimum absolute atomic E-state index is 0.0133. The number of hydrogen-bond donors (Lipinski definition) is 4. The number of benzene rings is 1. The SMILES string of the molecule is CC1=CC(C)CC(C)OC(=O)C(CO)NC(=O)C(Cc2ccc(O)c(Br)c2)N(C)C(=O)C(C)NC(=O)C(C)C1. The molecule has 0 saturated heterocycles. The number of halogens is 1. The Bertz CT molecular complexity index is 1090. The Kier molecular flexibility index (Phi) is 12.0. The maximum atomic E-state index is 13.4. The number of phenols is 1. The molecule has 4 N–H and O–H groups in total. The van der Waals surface area contributed by atoms with Crippen LogP contribution < -0.4 is 10.6 Å². The predicted octanol–water partition coefficient (Wildman–Crippen LogP) is 2.45. The van der Waals surface area contributed by atoms with Crippen LogP contribution in [-0.4, -0.2) is 76.7 Å². The molecule has 1 aliphatic heterocycles. The Morgan fingerprint density at radius 2 is 1.74 bits per heavy atom. The van der Waals surface area contributed by atoms with Crippen molar-refractivity contribution in [3.05, 3.63) is 39.9 Å². The first kappa shape index (κ1) is 32.3. The summed E-state index contributed by atoms with van der Waals surface area (Å²) in [6.07, 6.45) is 2.58. The van der Waals surface area contributed by atoms with Gasteiger partial charge >= 0.3 is 5.97 Å². The molecular formula is C28H40BrN3O7. The minimum Gasteiger partial charge on any atom is -0.507 e. The van der Waals surface area contributed by atoms with Crippen molar-refractivity contribution in [3.8, 4) is 5.75 Å². The molecule has 0 radical (unpaired) electrons. The van der Waals surface area contributed by atoms with Gasteiger partial charge in [-0.15, -0.1) is 0 Å². The summed E-state index contributed by atoms with van der Waals surface area (Å²) in [5.74, 6) is -2.57. The number of allylic oxidation sites excluding steroid dienone is 2. The summed E-state index contributed by atoms with van der Waals surface area (Å²) >= 11 is 3.25. The standard InChI is InChI=1S/C28H40BrN3O7/c1-15-9-16(2)11-18(4)39-28(38)22(14-33)31-26(36)23(13-20-7-8-24(34)21(29)12-20)32(6)27(37)19(5)30-25(35)17(3)10-15/h7-9,12,16-19,22-23,33-34H,10-11,13-14H2,1-6H3,(H,30,35)(H,31,36). The van der Waals surface area contributed by atoms with Gasteiger partial charge in [0.15, 0.2) is 6.04 Å². The van der Waals surface area contributed by atoms with E-state index in [1.807, 2.05) is 19.9 Å². The van der Waals surface area contributed by atoms with E-state index in [2.05, 4.69) is 26.6 Å². The van der Waals surface area contributed by atoms with Gasteiger partial charge in [0.25, 0.3) is 0 Å². The van der Waals surface area contributed by atoms with Crippen LogP contribution in [-0.2, 0) is 30.3 Å². The van der Waals surface area contributed by atoms with E-state index in [0.29, 0.717) is 22.9 Å². The lowest BCUT2D eigenvalue weighted by Crippen LogP contribution is -2.57. The number of carbonyl (C=O) groups excluding carboxylic acids is 4. The average Bonchev–Trinajstić information content (AvgIpc) is 2.85. The molecule has 3 amide bonds. The maximum absolute atomic E-state index is 13.4. The van der Waals surface area contributed by atoms with Gasteiger partial charge in [0.2, 0.25) is 17.7 Å². The molecular weight excluding hydrogens is 570 g/mol. The highest BCUT2D eigenvalue weighted by Crippen LogP contribution is 2.25. The topological polar surface area (TPSA) is 145 Å². The second-order valence-corrected chi connectivity index (χ2v) is 11.4. The van der Waals surface area contributed by atoms with Crippen LogP contribution in [0.25, 0.3) is 0 Å². The molecule has 6 atom stereocenters. The first-order valence-corrected chi connectivity index (χ1v) is 13.9. The third-order valence-corrected chi connectivity index (χ3v) is 7.37. The summed E-state index contributed by atoms with van der Waals surface area (Å²) in [6, 6.07) is 1.33. The third-order valence-electron chi connectivity index (χ3n) is 6.74. The van der Waals surface area contributed by atoms with Gasteiger partial charge in [0.05, 0.1) is 17.2 Å². The molecule has 1 aromatic rings. The van der Waals surface area contributed by atoms with Gasteiger partial charge in [-0.05, 0) is 73.2 Å². The van der Waals surface area contributed by atoms with Crippen LogP contribution in [0.1, 0.15) is 53.0 Å². The average molecular weight is 611 g/mol. The quantitative estimate of drug-likeness (QED) is 0.304. The van der Waals surface area contributed by atoms with Crippen molar-refractivity contribution >= 4 is 39.6 Å². The minimum atomic E-state index is -1.33. The monoisotopic (exact) mass is 609 g/mol. The molecule has 10 nitrogen and oxygen atoms in total. The van der Waals surface area contributed by atoms with E-state index in [1.165, 1.54) is 18.0 Å². The molecule has 1 aromatic carbocycles. The zero-order valence-electron chi connectivity index (χ0n) is 23.4. The fraction of sp³-hybridized carbons (Fsp3) is 0.571. The number of hydrogen-bond acceptors (Lipinski definition) is 7. The van der Waals surface area contributed by atoms with Crippen molar-refractivity contribution in [2.45, 2.75) is 78.1 Å².